The number of carbonyl (C=O) groups excluding carboxylic acids is 1. The van der Waals surface area contributed by atoms with Crippen LogP contribution in [0.25, 0.3) is 0 Å². The fourth-order valence-corrected chi connectivity index (χ4v) is 4.17. The van der Waals surface area contributed by atoms with Crippen LogP contribution in [0.3, 0.4) is 0 Å². The van der Waals surface area contributed by atoms with Crippen molar-refractivity contribution in [2.24, 2.45) is 5.92 Å². The maximum Gasteiger partial charge on any atom is 0.229 e. The number of benzene rings is 2. The number of hydrogen-bond acceptors (Lipinski definition) is 3. The molecule has 0 N–H and O–H groups in total. The molecule has 0 bridgehead atoms. The van der Waals surface area contributed by atoms with Gasteiger partial charge in [-0.3, -0.25) is 4.79 Å². The number of ether oxygens (including phenoxy) is 2. The number of fused-ring (bicyclic) bond motifs is 1. The molecular formula is C22H24FNO3. The highest BCUT2D eigenvalue weighted by Gasteiger charge is 2.35. The lowest BCUT2D eigenvalue weighted by molar-refractivity contribution is -0.137. The molecule has 142 valence electrons. The van der Waals surface area contributed by atoms with Gasteiger partial charge < -0.3 is 14.4 Å². The molecule has 0 radical (unpaired) electrons. The molecule has 0 saturated carbocycles. The first kappa shape index (κ1) is 17.8. The van der Waals surface area contributed by atoms with E-state index in [-0.39, 0.29) is 23.7 Å². The summed E-state index contributed by atoms with van der Waals surface area (Å²) in [5.41, 5.74) is 1.95. The van der Waals surface area contributed by atoms with Gasteiger partial charge in [-0.05, 0) is 67.1 Å². The lowest BCUT2D eigenvalue weighted by atomic mass is 9.94. The molecule has 27 heavy (non-hydrogen) atoms. The molecule has 2 aromatic rings. The van der Waals surface area contributed by atoms with E-state index in [9.17, 15) is 9.18 Å². The maximum atomic E-state index is 13.5. The third-order valence-electron chi connectivity index (χ3n) is 5.54. The molecular weight excluding hydrogens is 345 g/mol. The van der Waals surface area contributed by atoms with Crippen molar-refractivity contribution in [1.82, 2.24) is 4.90 Å². The van der Waals surface area contributed by atoms with Gasteiger partial charge >= 0.3 is 0 Å². The first-order valence-electron chi connectivity index (χ1n) is 9.48. The molecule has 0 aromatic heterocycles. The Morgan fingerprint density at radius 2 is 2.19 bits per heavy atom. The molecule has 5 heteroatoms. The lowest BCUT2D eigenvalue weighted by Gasteiger charge is -2.31. The van der Waals surface area contributed by atoms with Crippen LogP contribution in [-0.4, -0.2) is 37.1 Å². The fraction of sp³-hybridized carbons (Fsp3) is 0.409. The monoisotopic (exact) mass is 369 g/mol. The van der Waals surface area contributed by atoms with Crippen LogP contribution in [0.15, 0.2) is 42.5 Å². The Hall–Kier alpha value is -2.56. The summed E-state index contributed by atoms with van der Waals surface area (Å²) in [4.78, 5) is 15.1. The van der Waals surface area contributed by atoms with E-state index in [1.807, 2.05) is 29.2 Å². The van der Waals surface area contributed by atoms with Crippen LogP contribution < -0.4 is 9.47 Å². The fourth-order valence-electron chi connectivity index (χ4n) is 4.17. The number of amides is 1. The third kappa shape index (κ3) is 3.77. The Bertz CT molecular complexity index is 838. The van der Waals surface area contributed by atoms with Gasteiger partial charge in [0.1, 0.15) is 23.9 Å². The van der Waals surface area contributed by atoms with Crippen molar-refractivity contribution in [2.75, 3.05) is 20.3 Å². The van der Waals surface area contributed by atoms with Crippen LogP contribution >= 0.6 is 0 Å². The van der Waals surface area contributed by atoms with E-state index in [0.29, 0.717) is 19.4 Å². The minimum atomic E-state index is -0.227. The average molecular weight is 369 g/mol. The molecule has 2 atom stereocenters. The number of likely N-dealkylation sites (tertiary alicyclic amines) is 1. The van der Waals surface area contributed by atoms with E-state index in [1.54, 1.807) is 19.2 Å². The van der Waals surface area contributed by atoms with Crippen LogP contribution in [0.1, 0.15) is 24.0 Å². The van der Waals surface area contributed by atoms with Gasteiger partial charge in [-0.25, -0.2) is 4.39 Å². The van der Waals surface area contributed by atoms with Crippen molar-refractivity contribution in [1.29, 1.82) is 0 Å². The molecule has 4 nitrogen and oxygen atoms in total. The second-order valence-electron chi connectivity index (χ2n) is 7.35. The highest BCUT2D eigenvalue weighted by molar-refractivity contribution is 5.80. The second-order valence-corrected chi connectivity index (χ2v) is 7.35. The molecule has 0 aliphatic carbocycles. The summed E-state index contributed by atoms with van der Waals surface area (Å²) in [5.74, 6) is 1.34. The standard InChI is InChI=1S/C22H24FNO3/c1-26-20-7-8-21-16(13-20)12-17(14-27-21)22(25)24-9-3-6-19(24)11-15-4-2-5-18(23)10-15/h2,4-5,7-8,10,13,17,19H,3,6,9,11-12,14H2,1H3. The van der Waals surface area contributed by atoms with Crippen LogP contribution in [-0.2, 0) is 17.6 Å². The molecule has 1 fully saturated rings. The number of methoxy groups -OCH3 is 1. The van der Waals surface area contributed by atoms with Crippen molar-refractivity contribution in [3.8, 4) is 11.5 Å². The Morgan fingerprint density at radius 1 is 1.30 bits per heavy atom. The predicted octanol–water partition coefficient (Wildman–Crippen LogP) is 3.62. The number of halogens is 1. The van der Waals surface area contributed by atoms with Gasteiger partial charge in [0.2, 0.25) is 5.91 Å². The summed E-state index contributed by atoms with van der Waals surface area (Å²) in [7, 11) is 1.63. The summed E-state index contributed by atoms with van der Waals surface area (Å²) >= 11 is 0. The van der Waals surface area contributed by atoms with Crippen molar-refractivity contribution in [3.05, 3.63) is 59.4 Å². The number of carbonyl (C=O) groups is 1. The molecule has 2 heterocycles. The Labute approximate surface area is 158 Å². The van der Waals surface area contributed by atoms with Crippen LogP contribution in [0.5, 0.6) is 11.5 Å². The molecule has 2 unspecified atom stereocenters. The third-order valence-corrected chi connectivity index (χ3v) is 5.54. The van der Waals surface area contributed by atoms with Crippen molar-refractivity contribution in [2.45, 2.75) is 31.7 Å². The molecule has 1 saturated heterocycles. The van der Waals surface area contributed by atoms with Crippen molar-refractivity contribution >= 4 is 5.91 Å². The zero-order valence-corrected chi connectivity index (χ0v) is 15.5. The van der Waals surface area contributed by atoms with Gasteiger partial charge in [0.15, 0.2) is 0 Å². The van der Waals surface area contributed by atoms with E-state index >= 15 is 0 Å². The summed E-state index contributed by atoms with van der Waals surface area (Å²) in [6.45, 7) is 1.17. The summed E-state index contributed by atoms with van der Waals surface area (Å²) in [6.07, 6.45) is 3.31. The van der Waals surface area contributed by atoms with Gasteiger partial charge in [-0.2, -0.15) is 0 Å². The Balaban J connectivity index is 1.46. The summed E-state index contributed by atoms with van der Waals surface area (Å²) in [5, 5.41) is 0. The average Bonchev–Trinajstić information content (AvgIpc) is 3.14. The van der Waals surface area contributed by atoms with E-state index in [0.717, 1.165) is 42.0 Å². The second kappa shape index (κ2) is 7.59. The summed E-state index contributed by atoms with van der Waals surface area (Å²) < 4.78 is 24.6. The number of nitrogens with zero attached hydrogens (tertiary/aromatic N) is 1. The zero-order chi connectivity index (χ0) is 18.8. The van der Waals surface area contributed by atoms with E-state index in [4.69, 9.17) is 9.47 Å². The molecule has 4 rings (SSSR count). The van der Waals surface area contributed by atoms with Gasteiger partial charge in [0.25, 0.3) is 0 Å². The highest BCUT2D eigenvalue weighted by atomic mass is 19.1. The normalized spacial score (nSPS) is 21.5. The summed E-state index contributed by atoms with van der Waals surface area (Å²) in [6, 6.07) is 12.5. The van der Waals surface area contributed by atoms with Crippen LogP contribution in [0, 0.1) is 11.7 Å². The number of hydrogen-bond donors (Lipinski definition) is 0. The molecule has 0 spiro atoms. The Kier molecular flexibility index (Phi) is 5.01. The number of rotatable bonds is 4. The highest BCUT2D eigenvalue weighted by Crippen LogP contribution is 2.33. The van der Waals surface area contributed by atoms with Crippen LogP contribution in [0.4, 0.5) is 4.39 Å². The van der Waals surface area contributed by atoms with E-state index in [1.165, 1.54) is 6.07 Å². The van der Waals surface area contributed by atoms with E-state index < -0.39 is 0 Å². The first-order valence-corrected chi connectivity index (χ1v) is 9.48. The van der Waals surface area contributed by atoms with Gasteiger partial charge in [0, 0.05) is 12.6 Å². The zero-order valence-electron chi connectivity index (χ0n) is 15.5. The molecule has 2 aliphatic rings. The minimum absolute atomic E-state index is 0.131. The van der Waals surface area contributed by atoms with Crippen molar-refractivity contribution in [3.63, 3.8) is 0 Å². The Morgan fingerprint density at radius 3 is 3.00 bits per heavy atom. The SMILES string of the molecule is COc1ccc2c(c1)CC(C(=O)N1CCCC1Cc1cccc(F)c1)CO2. The smallest absolute Gasteiger partial charge is 0.229 e. The maximum absolute atomic E-state index is 13.5. The predicted molar refractivity (Wildman–Crippen MR) is 101 cm³/mol. The van der Waals surface area contributed by atoms with Crippen LogP contribution in [0.2, 0.25) is 0 Å². The lowest BCUT2D eigenvalue weighted by Crippen LogP contribution is -2.44. The van der Waals surface area contributed by atoms with E-state index in [2.05, 4.69) is 0 Å². The van der Waals surface area contributed by atoms with Crippen molar-refractivity contribution < 1.29 is 18.7 Å². The first-order chi connectivity index (χ1) is 13.1. The van der Waals surface area contributed by atoms with Gasteiger partial charge in [0.05, 0.1) is 13.0 Å². The van der Waals surface area contributed by atoms with Gasteiger partial charge in [-0.15, -0.1) is 0 Å². The topological polar surface area (TPSA) is 38.8 Å². The quantitative estimate of drug-likeness (QED) is 0.826. The largest absolute Gasteiger partial charge is 0.497 e. The minimum Gasteiger partial charge on any atom is -0.497 e. The molecule has 2 aliphatic heterocycles. The van der Waals surface area contributed by atoms with Gasteiger partial charge in [-0.1, -0.05) is 12.1 Å². The molecule has 2 aromatic carbocycles. The molecule has 1 amide bonds.